The Labute approximate surface area is 159 Å². The maximum absolute atomic E-state index is 12.6. The van der Waals surface area contributed by atoms with E-state index in [1.807, 2.05) is 30.3 Å². The van der Waals surface area contributed by atoms with E-state index in [1.165, 1.54) is 12.8 Å². The Balaban J connectivity index is 1.42. The van der Waals surface area contributed by atoms with Gasteiger partial charge in [0.2, 0.25) is 5.91 Å². The molecule has 2 N–H and O–H groups in total. The molecule has 0 spiro atoms. The molecular weight excluding hydrogens is 338 g/mol. The van der Waals surface area contributed by atoms with E-state index >= 15 is 0 Å². The van der Waals surface area contributed by atoms with Crippen molar-refractivity contribution in [2.45, 2.75) is 51.4 Å². The molecule has 4 rings (SSSR count). The summed E-state index contributed by atoms with van der Waals surface area (Å²) in [5.74, 6) is 1.49. The zero-order chi connectivity index (χ0) is 18.6. The third kappa shape index (κ3) is 4.12. The topological polar surface area (TPSA) is 74.8 Å². The van der Waals surface area contributed by atoms with Crippen LogP contribution >= 0.6 is 0 Å². The number of carbonyl (C=O) groups is 1. The zero-order valence-corrected chi connectivity index (χ0v) is 15.7. The summed E-state index contributed by atoms with van der Waals surface area (Å²) in [6.45, 7) is 0.715. The average Bonchev–Trinajstić information content (AvgIpc) is 3.15. The van der Waals surface area contributed by atoms with Gasteiger partial charge in [-0.2, -0.15) is 0 Å². The average molecular weight is 365 g/mol. The number of aryl methyl sites for hydroxylation is 1. The molecule has 1 unspecified atom stereocenters. The van der Waals surface area contributed by atoms with Gasteiger partial charge in [-0.1, -0.05) is 43.2 Å². The van der Waals surface area contributed by atoms with Crippen LogP contribution in [-0.4, -0.2) is 22.4 Å². The highest BCUT2D eigenvalue weighted by molar-refractivity contribution is 5.78. The van der Waals surface area contributed by atoms with Crippen LogP contribution in [0.15, 0.2) is 35.1 Å². The van der Waals surface area contributed by atoms with E-state index in [-0.39, 0.29) is 17.4 Å². The molecule has 0 aliphatic heterocycles. The fourth-order valence-electron chi connectivity index (χ4n) is 4.36. The van der Waals surface area contributed by atoms with E-state index in [9.17, 15) is 9.59 Å². The Kier molecular flexibility index (Phi) is 5.37. The number of nitrogens with one attached hydrogen (secondary N) is 2. The van der Waals surface area contributed by atoms with Crippen LogP contribution in [0.1, 0.15) is 49.8 Å². The lowest BCUT2D eigenvalue weighted by molar-refractivity contribution is -0.125. The summed E-state index contributed by atoms with van der Waals surface area (Å²) in [4.78, 5) is 32.6. The molecule has 1 aromatic carbocycles. The van der Waals surface area contributed by atoms with Gasteiger partial charge in [0.15, 0.2) is 0 Å². The Morgan fingerprint density at radius 3 is 2.59 bits per heavy atom. The van der Waals surface area contributed by atoms with Crippen LogP contribution in [0.4, 0.5) is 0 Å². The molecule has 1 amide bonds. The van der Waals surface area contributed by atoms with Crippen molar-refractivity contribution >= 4 is 5.91 Å². The van der Waals surface area contributed by atoms with Crippen molar-refractivity contribution in [3.8, 4) is 11.4 Å². The van der Waals surface area contributed by atoms with Crippen LogP contribution in [0.2, 0.25) is 0 Å². The second kappa shape index (κ2) is 8.07. The van der Waals surface area contributed by atoms with Crippen molar-refractivity contribution in [2.75, 3.05) is 6.54 Å². The number of H-pyrrole nitrogens is 1. The highest BCUT2D eigenvalue weighted by Crippen LogP contribution is 2.26. The predicted octanol–water partition coefficient (Wildman–Crippen LogP) is 3.24. The first-order valence-corrected chi connectivity index (χ1v) is 10.2. The Bertz CT molecular complexity index is 854. The number of amides is 1. The van der Waals surface area contributed by atoms with Crippen LogP contribution in [0, 0.1) is 11.8 Å². The summed E-state index contributed by atoms with van der Waals surface area (Å²) in [5, 5.41) is 3.16. The zero-order valence-electron chi connectivity index (χ0n) is 15.7. The van der Waals surface area contributed by atoms with Crippen LogP contribution in [-0.2, 0) is 17.6 Å². The molecule has 1 fully saturated rings. The molecule has 5 nitrogen and oxygen atoms in total. The number of carbonyl (C=O) groups excluding carboxylic acids is 1. The number of fused-ring (bicyclic) bond motifs is 1. The third-order valence-electron chi connectivity index (χ3n) is 6.03. The van der Waals surface area contributed by atoms with Gasteiger partial charge in [-0.05, 0) is 44.4 Å². The lowest BCUT2D eigenvalue weighted by atomic mass is 9.99. The number of benzene rings is 1. The molecule has 2 aliphatic carbocycles. The van der Waals surface area contributed by atoms with Crippen molar-refractivity contribution in [3.63, 3.8) is 0 Å². The molecule has 1 saturated carbocycles. The molecular formula is C22H27N3O2. The van der Waals surface area contributed by atoms with Crippen molar-refractivity contribution in [1.29, 1.82) is 0 Å². The first-order valence-electron chi connectivity index (χ1n) is 10.2. The Morgan fingerprint density at radius 2 is 1.81 bits per heavy atom. The summed E-state index contributed by atoms with van der Waals surface area (Å²) in [5.41, 5.74) is 2.65. The number of aromatic nitrogens is 2. The summed E-state index contributed by atoms with van der Waals surface area (Å²) in [7, 11) is 0. The Hall–Kier alpha value is -2.43. The highest BCUT2D eigenvalue weighted by atomic mass is 16.2. The van der Waals surface area contributed by atoms with E-state index in [2.05, 4.69) is 10.3 Å². The maximum atomic E-state index is 12.6. The quantitative estimate of drug-likeness (QED) is 0.817. The second-order valence-electron chi connectivity index (χ2n) is 7.88. The van der Waals surface area contributed by atoms with Crippen molar-refractivity contribution in [2.24, 2.45) is 11.8 Å². The van der Waals surface area contributed by atoms with E-state index in [0.29, 0.717) is 18.3 Å². The molecule has 2 aliphatic rings. The second-order valence-corrected chi connectivity index (χ2v) is 7.88. The van der Waals surface area contributed by atoms with Crippen molar-refractivity contribution in [1.82, 2.24) is 15.3 Å². The highest BCUT2D eigenvalue weighted by Gasteiger charge is 2.25. The van der Waals surface area contributed by atoms with Gasteiger partial charge in [-0.3, -0.25) is 9.59 Å². The first kappa shape index (κ1) is 18.0. The van der Waals surface area contributed by atoms with E-state index in [4.69, 9.17) is 4.98 Å². The first-order chi connectivity index (χ1) is 13.2. The fraction of sp³-hybridized carbons (Fsp3) is 0.500. The normalized spacial score (nSPS) is 20.1. The molecule has 1 heterocycles. The van der Waals surface area contributed by atoms with Gasteiger partial charge in [-0.25, -0.2) is 4.98 Å². The third-order valence-corrected chi connectivity index (χ3v) is 6.03. The summed E-state index contributed by atoms with van der Waals surface area (Å²) in [6.07, 6.45) is 7.83. The van der Waals surface area contributed by atoms with E-state index < -0.39 is 0 Å². The van der Waals surface area contributed by atoms with Crippen LogP contribution in [0.25, 0.3) is 11.4 Å². The number of aromatic amines is 1. The number of hydrogen-bond acceptors (Lipinski definition) is 3. The van der Waals surface area contributed by atoms with E-state index in [1.54, 1.807) is 0 Å². The van der Waals surface area contributed by atoms with Crippen LogP contribution in [0.3, 0.4) is 0 Å². The molecule has 2 aromatic rings. The van der Waals surface area contributed by atoms with Gasteiger partial charge in [0.25, 0.3) is 5.56 Å². The van der Waals surface area contributed by atoms with Crippen molar-refractivity contribution < 1.29 is 4.79 Å². The van der Waals surface area contributed by atoms with Gasteiger partial charge < -0.3 is 10.3 Å². The molecule has 27 heavy (non-hydrogen) atoms. The minimum absolute atomic E-state index is 0.0190. The molecule has 1 atom stereocenters. The lowest BCUT2D eigenvalue weighted by Crippen LogP contribution is -2.33. The minimum Gasteiger partial charge on any atom is -0.356 e. The summed E-state index contributed by atoms with van der Waals surface area (Å²) in [6, 6.07) is 9.77. The standard InChI is InChI=1S/C22H27N3O2/c26-21(17-8-4-5-9-17)23-14-15-10-12-18-19(13-11-15)24-20(25-22(18)27)16-6-2-1-3-7-16/h1-3,6-7,15,17H,4-5,8-14H2,(H,23,26)(H,24,25,27). The van der Waals surface area contributed by atoms with Gasteiger partial charge in [0.1, 0.15) is 5.82 Å². The summed E-state index contributed by atoms with van der Waals surface area (Å²) >= 11 is 0. The molecule has 1 aromatic heterocycles. The molecule has 142 valence electrons. The lowest BCUT2D eigenvalue weighted by Gasteiger charge is -2.16. The molecule has 0 bridgehead atoms. The molecule has 0 saturated heterocycles. The minimum atomic E-state index is -0.0190. The largest absolute Gasteiger partial charge is 0.356 e. The maximum Gasteiger partial charge on any atom is 0.254 e. The van der Waals surface area contributed by atoms with Crippen LogP contribution in [0.5, 0.6) is 0 Å². The molecule has 0 radical (unpaired) electrons. The predicted molar refractivity (Wildman–Crippen MR) is 105 cm³/mol. The van der Waals surface area contributed by atoms with Crippen LogP contribution < -0.4 is 10.9 Å². The van der Waals surface area contributed by atoms with Gasteiger partial charge >= 0.3 is 0 Å². The fourth-order valence-corrected chi connectivity index (χ4v) is 4.36. The Morgan fingerprint density at radius 1 is 1.07 bits per heavy atom. The molecule has 5 heteroatoms. The summed E-state index contributed by atoms with van der Waals surface area (Å²) < 4.78 is 0. The van der Waals surface area contributed by atoms with Gasteiger partial charge in [-0.15, -0.1) is 0 Å². The van der Waals surface area contributed by atoms with E-state index in [0.717, 1.165) is 55.3 Å². The smallest absolute Gasteiger partial charge is 0.254 e. The number of rotatable bonds is 4. The monoisotopic (exact) mass is 365 g/mol. The number of hydrogen-bond donors (Lipinski definition) is 2. The van der Waals surface area contributed by atoms with Crippen molar-refractivity contribution in [3.05, 3.63) is 51.9 Å². The number of nitrogens with zero attached hydrogens (tertiary/aromatic N) is 1. The van der Waals surface area contributed by atoms with Gasteiger partial charge in [0, 0.05) is 23.6 Å². The van der Waals surface area contributed by atoms with Gasteiger partial charge in [0.05, 0.1) is 5.69 Å². The SMILES string of the molecule is O=C(NCC1CCc2nc(-c3ccccc3)[nH]c(=O)c2CC1)C1CCCC1.